The maximum atomic E-state index is 10.0. The summed E-state index contributed by atoms with van der Waals surface area (Å²) in [4.78, 5) is 0. The van der Waals surface area contributed by atoms with Gasteiger partial charge < -0.3 is 29.2 Å². The first kappa shape index (κ1) is 29.3. The van der Waals surface area contributed by atoms with Crippen LogP contribution in [0.25, 0.3) is 0 Å². The second kappa shape index (κ2) is 14.1. The van der Waals surface area contributed by atoms with Crippen molar-refractivity contribution in [2.75, 3.05) is 13.2 Å². The summed E-state index contributed by atoms with van der Waals surface area (Å²) in [5.74, 6) is 3.73. The molecule has 0 aromatic carbocycles. The third kappa shape index (κ3) is 7.94. The van der Waals surface area contributed by atoms with Crippen LogP contribution in [0, 0.1) is 35.5 Å². The lowest BCUT2D eigenvalue weighted by Crippen LogP contribution is -2.41. The summed E-state index contributed by atoms with van der Waals surface area (Å²) in [5, 5.41) is 20.1. The molecule has 0 aromatic heterocycles. The zero-order valence-electron chi connectivity index (χ0n) is 24.2. The van der Waals surface area contributed by atoms with Crippen LogP contribution in [0.4, 0.5) is 0 Å². The molecule has 5 saturated carbocycles. The van der Waals surface area contributed by atoms with E-state index in [-0.39, 0.29) is 24.8 Å². The van der Waals surface area contributed by atoms with E-state index in [0.717, 1.165) is 64.6 Å². The highest BCUT2D eigenvalue weighted by Crippen LogP contribution is 2.43. The number of fused-ring (bicyclic) bond motifs is 2. The largest absolute Gasteiger partial charge is 0.393 e. The molecule has 5 rings (SSSR count). The highest BCUT2D eigenvalue weighted by Gasteiger charge is 2.40. The summed E-state index contributed by atoms with van der Waals surface area (Å²) in [7, 11) is 0. The van der Waals surface area contributed by atoms with Crippen molar-refractivity contribution in [3.8, 4) is 0 Å². The lowest BCUT2D eigenvalue weighted by molar-refractivity contribution is -0.200. The molecule has 0 amide bonds. The predicted octanol–water partition coefficient (Wildman–Crippen LogP) is 6.21. The van der Waals surface area contributed by atoms with Gasteiger partial charge in [0, 0.05) is 0 Å². The molecule has 0 spiro atoms. The van der Waals surface area contributed by atoms with Crippen LogP contribution in [0.1, 0.15) is 117 Å². The minimum Gasteiger partial charge on any atom is -0.393 e. The molecular formula is C32H56O6. The lowest BCUT2D eigenvalue weighted by atomic mass is 9.68. The fourth-order valence-corrected chi connectivity index (χ4v) is 8.78. The van der Waals surface area contributed by atoms with E-state index in [0.29, 0.717) is 47.7 Å². The standard InChI is InChI=1S/C32H56O6/c1-21(37-31-7-3-5-25-17-27(33)13-15-29(25)31)35-19-23-9-11-24(12-10-23)20-36-22(2)38-32-8-4-6-26-18-28(34)14-16-30(26)32/h21-34H,3-20H2,1-2H3. The Bertz CT molecular complexity index is 637. The van der Waals surface area contributed by atoms with E-state index in [9.17, 15) is 10.2 Å². The number of rotatable bonds is 10. The molecule has 10 atom stereocenters. The van der Waals surface area contributed by atoms with Crippen LogP contribution in [0.2, 0.25) is 0 Å². The van der Waals surface area contributed by atoms with Crippen molar-refractivity contribution in [3.63, 3.8) is 0 Å². The molecule has 10 unspecified atom stereocenters. The highest BCUT2D eigenvalue weighted by atomic mass is 16.7. The molecule has 6 heteroatoms. The molecule has 6 nitrogen and oxygen atoms in total. The van der Waals surface area contributed by atoms with Gasteiger partial charge in [-0.05, 0) is 139 Å². The van der Waals surface area contributed by atoms with Gasteiger partial charge in [-0.1, -0.05) is 12.8 Å². The van der Waals surface area contributed by atoms with E-state index >= 15 is 0 Å². The van der Waals surface area contributed by atoms with E-state index in [4.69, 9.17) is 18.9 Å². The van der Waals surface area contributed by atoms with Gasteiger partial charge >= 0.3 is 0 Å². The predicted molar refractivity (Wildman–Crippen MR) is 147 cm³/mol. The molecule has 0 bridgehead atoms. The summed E-state index contributed by atoms with van der Waals surface area (Å²) in [5.41, 5.74) is 0. The quantitative estimate of drug-likeness (QED) is 0.323. The Morgan fingerprint density at radius 1 is 0.553 bits per heavy atom. The first-order chi connectivity index (χ1) is 18.4. The molecule has 5 aliphatic carbocycles. The van der Waals surface area contributed by atoms with Gasteiger partial charge in [-0.2, -0.15) is 0 Å². The van der Waals surface area contributed by atoms with Gasteiger partial charge in [0.05, 0.1) is 37.6 Å². The van der Waals surface area contributed by atoms with Gasteiger partial charge in [0.2, 0.25) is 0 Å². The summed E-state index contributed by atoms with van der Waals surface area (Å²) in [6.45, 7) is 5.75. The zero-order chi connectivity index (χ0) is 26.5. The molecule has 0 aliphatic heterocycles. The number of aliphatic hydroxyl groups excluding tert-OH is 2. The van der Waals surface area contributed by atoms with Crippen LogP contribution in [0.3, 0.4) is 0 Å². The average molecular weight is 537 g/mol. The minimum atomic E-state index is -0.142. The van der Waals surface area contributed by atoms with Gasteiger partial charge in [-0.25, -0.2) is 0 Å². The molecule has 0 heterocycles. The molecule has 0 radical (unpaired) electrons. The normalized spacial score (nSPS) is 43.6. The molecule has 5 fully saturated rings. The van der Waals surface area contributed by atoms with Crippen molar-refractivity contribution in [3.05, 3.63) is 0 Å². The zero-order valence-corrected chi connectivity index (χ0v) is 24.2. The van der Waals surface area contributed by atoms with Gasteiger partial charge in [-0.3, -0.25) is 0 Å². The summed E-state index contributed by atoms with van der Waals surface area (Å²) < 4.78 is 25.3. The molecule has 0 saturated heterocycles. The summed E-state index contributed by atoms with van der Waals surface area (Å²) >= 11 is 0. The van der Waals surface area contributed by atoms with Gasteiger partial charge in [-0.15, -0.1) is 0 Å². The van der Waals surface area contributed by atoms with Crippen molar-refractivity contribution in [2.45, 2.75) is 154 Å². The molecule has 5 aliphatic rings. The van der Waals surface area contributed by atoms with Crippen LogP contribution in [0.15, 0.2) is 0 Å². The van der Waals surface area contributed by atoms with Crippen LogP contribution in [0.5, 0.6) is 0 Å². The Morgan fingerprint density at radius 2 is 0.974 bits per heavy atom. The second-order valence-electron chi connectivity index (χ2n) is 13.7. The molecule has 220 valence electrons. The van der Waals surface area contributed by atoms with Crippen molar-refractivity contribution in [1.82, 2.24) is 0 Å². The highest BCUT2D eigenvalue weighted by molar-refractivity contribution is 4.90. The molecule has 0 aromatic rings. The van der Waals surface area contributed by atoms with Crippen LogP contribution in [-0.4, -0.2) is 60.4 Å². The van der Waals surface area contributed by atoms with Crippen molar-refractivity contribution in [1.29, 1.82) is 0 Å². The smallest absolute Gasteiger partial charge is 0.155 e. The van der Waals surface area contributed by atoms with E-state index in [1.807, 2.05) is 0 Å². The first-order valence-electron chi connectivity index (χ1n) is 16.3. The van der Waals surface area contributed by atoms with E-state index in [2.05, 4.69) is 13.8 Å². The fraction of sp³-hybridized carbons (Fsp3) is 1.00. The Morgan fingerprint density at radius 3 is 1.39 bits per heavy atom. The topological polar surface area (TPSA) is 77.4 Å². The second-order valence-corrected chi connectivity index (χ2v) is 13.7. The van der Waals surface area contributed by atoms with E-state index in [1.165, 1.54) is 51.4 Å². The number of aliphatic hydroxyl groups is 2. The molecule has 38 heavy (non-hydrogen) atoms. The minimum absolute atomic E-state index is 0.100. The Balaban J connectivity index is 0.949. The lowest BCUT2D eigenvalue weighted by Gasteiger charge is -2.43. The van der Waals surface area contributed by atoms with Gasteiger partial charge in [0.15, 0.2) is 12.6 Å². The van der Waals surface area contributed by atoms with Crippen LogP contribution >= 0.6 is 0 Å². The molecular weight excluding hydrogens is 480 g/mol. The maximum absolute atomic E-state index is 10.0. The SMILES string of the molecule is CC(OCC1CCC(COC(C)OC2CCCC3CC(O)CCC32)CC1)OC1CCCC2CC(O)CCC21. The summed E-state index contributed by atoms with van der Waals surface area (Å²) in [6.07, 6.45) is 18.2. The van der Waals surface area contributed by atoms with Crippen molar-refractivity contribution >= 4 is 0 Å². The van der Waals surface area contributed by atoms with Crippen molar-refractivity contribution in [2.24, 2.45) is 35.5 Å². The monoisotopic (exact) mass is 536 g/mol. The Kier molecular flexibility index (Phi) is 10.8. The third-order valence-electron chi connectivity index (χ3n) is 10.9. The van der Waals surface area contributed by atoms with E-state index < -0.39 is 0 Å². The average Bonchev–Trinajstić information content (AvgIpc) is 2.91. The third-order valence-corrected chi connectivity index (χ3v) is 10.9. The number of hydrogen-bond acceptors (Lipinski definition) is 6. The Labute approximate surface area is 231 Å². The van der Waals surface area contributed by atoms with E-state index in [1.54, 1.807) is 0 Å². The van der Waals surface area contributed by atoms with Crippen LogP contribution < -0.4 is 0 Å². The Hall–Kier alpha value is -0.240. The summed E-state index contributed by atoms with van der Waals surface area (Å²) in [6, 6.07) is 0. The maximum Gasteiger partial charge on any atom is 0.155 e. The number of hydrogen-bond donors (Lipinski definition) is 2. The molecule has 2 N–H and O–H groups in total. The van der Waals surface area contributed by atoms with Crippen LogP contribution in [-0.2, 0) is 18.9 Å². The van der Waals surface area contributed by atoms with Gasteiger partial charge in [0.25, 0.3) is 0 Å². The van der Waals surface area contributed by atoms with Crippen molar-refractivity contribution < 1.29 is 29.2 Å². The number of ether oxygens (including phenoxy) is 4. The fourth-order valence-electron chi connectivity index (χ4n) is 8.78. The van der Waals surface area contributed by atoms with Gasteiger partial charge in [0.1, 0.15) is 0 Å². The first-order valence-corrected chi connectivity index (χ1v) is 16.3.